The van der Waals surface area contributed by atoms with Crippen molar-refractivity contribution in [2.75, 3.05) is 6.61 Å². The summed E-state index contributed by atoms with van der Waals surface area (Å²) in [6, 6.07) is 4.25. The number of ether oxygens (including phenoxy) is 1. The van der Waals surface area contributed by atoms with Gasteiger partial charge in [0.05, 0.1) is 12.1 Å². The van der Waals surface area contributed by atoms with Crippen LogP contribution < -0.4 is 0 Å². The smallest absolute Gasteiger partial charge is 0.303 e. The summed E-state index contributed by atoms with van der Waals surface area (Å²) in [6.45, 7) is 7.25. The van der Waals surface area contributed by atoms with Crippen molar-refractivity contribution >= 4 is 5.97 Å². The topological polar surface area (TPSA) is 73.9 Å². The molecule has 1 rings (SSSR count). The van der Waals surface area contributed by atoms with Crippen LogP contribution in [-0.4, -0.2) is 12.6 Å². The minimum absolute atomic E-state index is 0.0246. The Morgan fingerprint density at radius 1 is 1.50 bits per heavy atom. The summed E-state index contributed by atoms with van der Waals surface area (Å²) in [5.74, 6) is 5.59. The SMILES string of the molecule is C=CC1CC(C)CC=C1C(C#N)(C#N)CC#CCOC(C)=O. The van der Waals surface area contributed by atoms with Gasteiger partial charge in [0, 0.05) is 19.3 Å². The van der Waals surface area contributed by atoms with Crippen LogP contribution in [0.4, 0.5) is 0 Å². The Labute approximate surface area is 132 Å². The molecule has 114 valence electrons. The number of carbonyl (C=O) groups excluding carboxylic acids is 1. The van der Waals surface area contributed by atoms with Gasteiger partial charge in [-0.15, -0.1) is 6.58 Å². The predicted molar refractivity (Wildman–Crippen MR) is 82.9 cm³/mol. The average molecular weight is 296 g/mol. The maximum Gasteiger partial charge on any atom is 0.303 e. The molecular formula is C18H20N2O2. The zero-order valence-electron chi connectivity index (χ0n) is 13.1. The van der Waals surface area contributed by atoms with E-state index >= 15 is 0 Å². The fourth-order valence-electron chi connectivity index (χ4n) is 2.57. The Balaban J connectivity index is 2.96. The van der Waals surface area contributed by atoms with E-state index in [4.69, 9.17) is 4.74 Å². The van der Waals surface area contributed by atoms with E-state index in [1.165, 1.54) is 6.92 Å². The number of nitriles is 2. The molecule has 0 N–H and O–H groups in total. The highest BCUT2D eigenvalue weighted by molar-refractivity contribution is 5.66. The van der Waals surface area contributed by atoms with Crippen LogP contribution in [0.1, 0.15) is 33.1 Å². The van der Waals surface area contributed by atoms with Gasteiger partial charge in [-0.3, -0.25) is 4.79 Å². The van der Waals surface area contributed by atoms with E-state index in [2.05, 4.69) is 37.5 Å². The fourth-order valence-corrected chi connectivity index (χ4v) is 2.57. The zero-order chi connectivity index (χ0) is 16.6. The third-order valence-corrected chi connectivity index (χ3v) is 3.78. The number of esters is 1. The van der Waals surface area contributed by atoms with Gasteiger partial charge in [-0.2, -0.15) is 10.5 Å². The summed E-state index contributed by atoms with van der Waals surface area (Å²) in [6.07, 6.45) is 5.64. The fraction of sp³-hybridized carbons (Fsp3) is 0.500. The van der Waals surface area contributed by atoms with Gasteiger partial charge in [0.25, 0.3) is 0 Å². The maximum absolute atomic E-state index is 10.7. The summed E-state index contributed by atoms with van der Waals surface area (Å²) in [7, 11) is 0. The van der Waals surface area contributed by atoms with Crippen LogP contribution in [-0.2, 0) is 9.53 Å². The molecule has 0 heterocycles. The molecule has 0 aromatic heterocycles. The minimum Gasteiger partial charge on any atom is -0.453 e. The summed E-state index contributed by atoms with van der Waals surface area (Å²) >= 11 is 0. The third-order valence-electron chi connectivity index (χ3n) is 3.78. The quantitative estimate of drug-likeness (QED) is 0.454. The largest absolute Gasteiger partial charge is 0.453 e. The molecule has 1 aliphatic carbocycles. The van der Waals surface area contributed by atoms with E-state index in [9.17, 15) is 15.3 Å². The molecule has 0 amide bonds. The minimum atomic E-state index is -1.26. The molecule has 0 aromatic carbocycles. The number of carbonyl (C=O) groups is 1. The molecule has 4 nitrogen and oxygen atoms in total. The van der Waals surface area contributed by atoms with Crippen LogP contribution in [0.15, 0.2) is 24.3 Å². The van der Waals surface area contributed by atoms with Crippen molar-refractivity contribution in [1.29, 1.82) is 10.5 Å². The van der Waals surface area contributed by atoms with E-state index in [1.807, 2.05) is 6.08 Å². The van der Waals surface area contributed by atoms with Crippen LogP contribution in [0.2, 0.25) is 0 Å². The first-order valence-corrected chi connectivity index (χ1v) is 7.23. The molecule has 0 saturated carbocycles. The lowest BCUT2D eigenvalue weighted by molar-refractivity contribution is -0.139. The summed E-state index contributed by atoms with van der Waals surface area (Å²) in [5.41, 5.74) is -0.463. The van der Waals surface area contributed by atoms with Gasteiger partial charge >= 0.3 is 5.97 Å². The molecule has 0 aromatic rings. The van der Waals surface area contributed by atoms with Gasteiger partial charge in [-0.1, -0.05) is 30.9 Å². The highest BCUT2D eigenvalue weighted by Gasteiger charge is 2.39. The van der Waals surface area contributed by atoms with E-state index in [-0.39, 0.29) is 18.9 Å². The van der Waals surface area contributed by atoms with Crippen molar-refractivity contribution in [3.63, 3.8) is 0 Å². The van der Waals surface area contributed by atoms with Crippen molar-refractivity contribution in [3.8, 4) is 24.0 Å². The lowest BCUT2D eigenvalue weighted by Crippen LogP contribution is -2.27. The second-order valence-corrected chi connectivity index (χ2v) is 5.52. The van der Waals surface area contributed by atoms with Crippen LogP contribution >= 0.6 is 0 Å². The lowest BCUT2D eigenvalue weighted by atomic mass is 9.68. The molecule has 2 atom stereocenters. The van der Waals surface area contributed by atoms with Crippen LogP contribution in [0, 0.1) is 51.8 Å². The first-order chi connectivity index (χ1) is 10.5. The molecule has 0 fully saturated rings. The van der Waals surface area contributed by atoms with Crippen molar-refractivity contribution in [1.82, 2.24) is 0 Å². The van der Waals surface area contributed by atoms with E-state index in [1.54, 1.807) is 6.08 Å². The molecule has 0 bridgehead atoms. The van der Waals surface area contributed by atoms with Crippen LogP contribution in [0.3, 0.4) is 0 Å². The first kappa shape index (κ1) is 17.5. The molecule has 0 saturated heterocycles. The van der Waals surface area contributed by atoms with Crippen molar-refractivity contribution in [2.24, 2.45) is 17.3 Å². The summed E-state index contributed by atoms with van der Waals surface area (Å²) in [5, 5.41) is 19.1. The van der Waals surface area contributed by atoms with E-state index in [0.29, 0.717) is 5.92 Å². The van der Waals surface area contributed by atoms with Gasteiger partial charge in [0.1, 0.15) is 0 Å². The second-order valence-electron chi connectivity index (χ2n) is 5.52. The number of allylic oxidation sites excluding steroid dienone is 3. The standard InChI is InChI=1S/C18H20N2O2/c1-4-16-11-14(2)7-8-17(16)18(12-19,13-20)9-5-6-10-22-15(3)21/h4,8,14,16H,1,7,9-11H2,2-3H3. The number of hydrogen-bond acceptors (Lipinski definition) is 4. The highest BCUT2D eigenvalue weighted by atomic mass is 16.5. The van der Waals surface area contributed by atoms with E-state index in [0.717, 1.165) is 18.4 Å². The van der Waals surface area contributed by atoms with Crippen molar-refractivity contribution in [3.05, 3.63) is 24.3 Å². The molecule has 4 heteroatoms. The van der Waals surface area contributed by atoms with Crippen molar-refractivity contribution < 1.29 is 9.53 Å². The Kier molecular flexibility index (Phi) is 6.43. The molecule has 22 heavy (non-hydrogen) atoms. The maximum atomic E-state index is 10.7. The number of rotatable bonds is 4. The molecule has 1 aliphatic rings. The highest BCUT2D eigenvalue weighted by Crippen LogP contribution is 2.42. The van der Waals surface area contributed by atoms with Crippen LogP contribution in [0.25, 0.3) is 0 Å². The Morgan fingerprint density at radius 3 is 2.73 bits per heavy atom. The molecular weight excluding hydrogens is 276 g/mol. The molecule has 0 spiro atoms. The normalized spacial score (nSPS) is 20.5. The van der Waals surface area contributed by atoms with Gasteiger partial charge in [0.15, 0.2) is 12.0 Å². The summed E-state index contributed by atoms with van der Waals surface area (Å²) in [4.78, 5) is 10.7. The lowest BCUT2D eigenvalue weighted by Gasteiger charge is -2.31. The summed E-state index contributed by atoms with van der Waals surface area (Å²) < 4.78 is 4.72. The van der Waals surface area contributed by atoms with E-state index < -0.39 is 11.4 Å². The van der Waals surface area contributed by atoms with Gasteiger partial charge in [-0.05, 0) is 24.3 Å². The average Bonchev–Trinajstić information content (AvgIpc) is 2.51. The zero-order valence-corrected chi connectivity index (χ0v) is 13.1. The first-order valence-electron chi connectivity index (χ1n) is 7.23. The monoisotopic (exact) mass is 296 g/mol. The Hall–Kier alpha value is -2.51. The third kappa shape index (κ3) is 4.24. The predicted octanol–water partition coefficient (Wildman–Crippen LogP) is 3.14. The Morgan fingerprint density at radius 2 is 2.18 bits per heavy atom. The van der Waals surface area contributed by atoms with Crippen molar-refractivity contribution in [2.45, 2.75) is 33.1 Å². The molecule has 0 aliphatic heterocycles. The molecule has 2 unspecified atom stereocenters. The molecule has 0 radical (unpaired) electrons. The van der Waals surface area contributed by atoms with Gasteiger partial charge in [-0.25, -0.2) is 0 Å². The second kappa shape index (κ2) is 8.06. The van der Waals surface area contributed by atoms with Gasteiger partial charge < -0.3 is 4.74 Å². The number of hydrogen-bond donors (Lipinski definition) is 0. The number of nitrogens with zero attached hydrogens (tertiary/aromatic N) is 2. The van der Waals surface area contributed by atoms with Crippen LogP contribution in [0.5, 0.6) is 0 Å². The Bertz CT molecular complexity index is 594. The van der Waals surface area contributed by atoms with Gasteiger partial charge in [0.2, 0.25) is 0 Å².